The largest absolute Gasteiger partial charge is 0.459 e. The van der Waals surface area contributed by atoms with Crippen LogP contribution in [0.3, 0.4) is 0 Å². The van der Waals surface area contributed by atoms with E-state index in [1.54, 1.807) is 34.6 Å². The van der Waals surface area contributed by atoms with Crippen LogP contribution in [0.25, 0.3) is 0 Å². The number of aliphatic hydroxyl groups excluding tert-OH is 1. The van der Waals surface area contributed by atoms with Gasteiger partial charge in [-0.3, -0.25) is 4.79 Å². The van der Waals surface area contributed by atoms with Gasteiger partial charge >= 0.3 is 5.97 Å². The summed E-state index contributed by atoms with van der Waals surface area (Å²) in [5.41, 5.74) is -0.0881. The SMILES string of the molecule is CC(C)C(NS(=O)(=O)c1ccc(CO)cc1)C(=O)OC(C)(C)C. The molecule has 6 nitrogen and oxygen atoms in total. The highest BCUT2D eigenvalue weighted by Gasteiger charge is 2.32. The van der Waals surface area contributed by atoms with Crippen molar-refractivity contribution in [2.45, 2.75) is 57.8 Å². The minimum absolute atomic E-state index is 0.0314. The lowest BCUT2D eigenvalue weighted by Crippen LogP contribution is -2.47. The second-order valence-electron chi connectivity index (χ2n) is 6.68. The summed E-state index contributed by atoms with van der Waals surface area (Å²) in [6.45, 7) is 8.50. The van der Waals surface area contributed by atoms with Gasteiger partial charge in [0.05, 0.1) is 11.5 Å². The van der Waals surface area contributed by atoms with Gasteiger partial charge in [0.1, 0.15) is 11.6 Å². The molecule has 0 amide bonds. The number of rotatable bonds is 6. The Labute approximate surface area is 137 Å². The number of sulfonamides is 1. The molecule has 0 heterocycles. The van der Waals surface area contributed by atoms with E-state index in [4.69, 9.17) is 9.84 Å². The molecule has 1 unspecified atom stereocenters. The van der Waals surface area contributed by atoms with E-state index >= 15 is 0 Å². The Kier molecular flexibility index (Phi) is 6.33. The van der Waals surface area contributed by atoms with Crippen molar-refractivity contribution >= 4 is 16.0 Å². The quantitative estimate of drug-likeness (QED) is 0.769. The predicted molar refractivity (Wildman–Crippen MR) is 87.2 cm³/mol. The Hall–Kier alpha value is -1.44. The van der Waals surface area contributed by atoms with Crippen molar-refractivity contribution in [2.75, 3.05) is 0 Å². The number of hydrogen-bond donors (Lipinski definition) is 2. The summed E-state index contributed by atoms with van der Waals surface area (Å²) in [6.07, 6.45) is 0. The highest BCUT2D eigenvalue weighted by atomic mass is 32.2. The third-order valence-electron chi connectivity index (χ3n) is 3.03. The standard InChI is InChI=1S/C16H25NO5S/c1-11(2)14(15(19)22-16(3,4)5)17-23(20,21)13-8-6-12(10-18)7-9-13/h6-9,11,14,17-18H,10H2,1-5H3. The first-order chi connectivity index (χ1) is 10.5. The van der Waals surface area contributed by atoms with Crippen LogP contribution in [0.15, 0.2) is 29.2 Å². The van der Waals surface area contributed by atoms with Gasteiger partial charge < -0.3 is 9.84 Å². The van der Waals surface area contributed by atoms with E-state index in [1.807, 2.05) is 0 Å². The molecule has 1 atom stereocenters. The summed E-state index contributed by atoms with van der Waals surface area (Å²) in [4.78, 5) is 12.3. The average molecular weight is 343 g/mol. The van der Waals surface area contributed by atoms with Crippen molar-refractivity contribution in [3.8, 4) is 0 Å². The molecule has 1 rings (SSSR count). The van der Waals surface area contributed by atoms with Crippen LogP contribution in [-0.2, 0) is 26.2 Å². The highest BCUT2D eigenvalue weighted by Crippen LogP contribution is 2.16. The molecular weight excluding hydrogens is 318 g/mol. The Morgan fingerprint density at radius 2 is 1.74 bits per heavy atom. The van der Waals surface area contributed by atoms with E-state index in [-0.39, 0.29) is 17.4 Å². The van der Waals surface area contributed by atoms with Gasteiger partial charge in [-0.25, -0.2) is 8.42 Å². The van der Waals surface area contributed by atoms with Crippen LogP contribution in [0.2, 0.25) is 0 Å². The fourth-order valence-electron chi connectivity index (χ4n) is 1.83. The number of benzene rings is 1. The topological polar surface area (TPSA) is 92.7 Å². The first-order valence-electron chi connectivity index (χ1n) is 7.41. The molecule has 0 aromatic heterocycles. The van der Waals surface area contributed by atoms with Gasteiger partial charge in [0.25, 0.3) is 0 Å². The zero-order valence-corrected chi connectivity index (χ0v) is 15.0. The van der Waals surface area contributed by atoms with Crippen molar-refractivity contribution in [1.82, 2.24) is 4.72 Å². The van der Waals surface area contributed by atoms with Gasteiger partial charge in [-0.15, -0.1) is 0 Å². The first-order valence-corrected chi connectivity index (χ1v) is 8.89. The van der Waals surface area contributed by atoms with Crippen LogP contribution in [0, 0.1) is 5.92 Å². The number of ether oxygens (including phenoxy) is 1. The van der Waals surface area contributed by atoms with Crippen molar-refractivity contribution in [1.29, 1.82) is 0 Å². The summed E-state index contributed by atoms with van der Waals surface area (Å²) in [5.74, 6) is -0.876. The molecule has 0 bridgehead atoms. The zero-order valence-electron chi connectivity index (χ0n) is 14.2. The maximum Gasteiger partial charge on any atom is 0.324 e. The maximum atomic E-state index is 12.4. The number of nitrogens with one attached hydrogen (secondary N) is 1. The lowest BCUT2D eigenvalue weighted by molar-refractivity contribution is -0.158. The van der Waals surface area contributed by atoms with Gasteiger partial charge in [-0.05, 0) is 44.4 Å². The smallest absolute Gasteiger partial charge is 0.324 e. The normalized spacial score (nSPS) is 13.9. The number of carbonyl (C=O) groups excluding carboxylic acids is 1. The Balaban J connectivity index is 3.00. The van der Waals surface area contributed by atoms with Gasteiger partial charge in [0.2, 0.25) is 10.0 Å². The van der Waals surface area contributed by atoms with E-state index in [2.05, 4.69) is 4.72 Å². The van der Waals surface area contributed by atoms with Crippen molar-refractivity contribution in [3.05, 3.63) is 29.8 Å². The van der Waals surface area contributed by atoms with E-state index in [1.165, 1.54) is 24.3 Å². The molecule has 0 aliphatic carbocycles. The number of esters is 1. The summed E-state index contributed by atoms with van der Waals surface area (Å²) < 4.78 is 32.6. The van der Waals surface area contributed by atoms with E-state index in [9.17, 15) is 13.2 Å². The van der Waals surface area contributed by atoms with E-state index < -0.39 is 27.6 Å². The molecule has 7 heteroatoms. The average Bonchev–Trinajstić information content (AvgIpc) is 2.42. The number of carbonyl (C=O) groups is 1. The lowest BCUT2D eigenvalue weighted by atomic mass is 10.1. The second kappa shape index (κ2) is 7.42. The van der Waals surface area contributed by atoms with Crippen molar-refractivity contribution in [3.63, 3.8) is 0 Å². The molecule has 0 spiro atoms. The summed E-state index contributed by atoms with van der Waals surface area (Å²) >= 11 is 0. The van der Waals surface area contributed by atoms with Gasteiger partial charge in [-0.2, -0.15) is 4.72 Å². The van der Waals surface area contributed by atoms with Crippen LogP contribution in [0.1, 0.15) is 40.2 Å². The van der Waals surface area contributed by atoms with E-state index in [0.29, 0.717) is 5.56 Å². The molecule has 1 aromatic rings. The minimum atomic E-state index is -3.86. The van der Waals surface area contributed by atoms with Crippen LogP contribution >= 0.6 is 0 Å². The molecule has 23 heavy (non-hydrogen) atoms. The first kappa shape index (κ1) is 19.6. The van der Waals surface area contributed by atoms with Crippen LogP contribution in [0.4, 0.5) is 0 Å². The number of hydrogen-bond acceptors (Lipinski definition) is 5. The molecule has 0 aliphatic heterocycles. The zero-order chi connectivity index (χ0) is 17.8. The van der Waals surface area contributed by atoms with Crippen molar-refractivity contribution in [2.24, 2.45) is 5.92 Å². The Bertz CT molecular complexity index is 629. The van der Waals surface area contributed by atoms with Gasteiger partial charge in [0.15, 0.2) is 0 Å². The molecule has 0 radical (unpaired) electrons. The van der Waals surface area contributed by atoms with E-state index in [0.717, 1.165) is 0 Å². The number of aliphatic hydroxyl groups is 1. The molecule has 2 N–H and O–H groups in total. The molecule has 1 aromatic carbocycles. The third kappa shape index (κ3) is 5.93. The van der Waals surface area contributed by atoms with Gasteiger partial charge in [0, 0.05) is 0 Å². The minimum Gasteiger partial charge on any atom is -0.459 e. The van der Waals surface area contributed by atoms with Crippen molar-refractivity contribution < 1.29 is 23.1 Å². The lowest BCUT2D eigenvalue weighted by Gasteiger charge is -2.26. The van der Waals surface area contributed by atoms with Crippen LogP contribution in [0.5, 0.6) is 0 Å². The van der Waals surface area contributed by atoms with Crippen LogP contribution < -0.4 is 4.72 Å². The monoisotopic (exact) mass is 343 g/mol. The summed E-state index contributed by atoms with van der Waals surface area (Å²) in [6, 6.07) is 4.84. The Morgan fingerprint density at radius 1 is 1.22 bits per heavy atom. The second-order valence-corrected chi connectivity index (χ2v) is 8.39. The summed E-state index contributed by atoms with van der Waals surface area (Å²) in [5, 5.41) is 9.00. The fourth-order valence-corrected chi connectivity index (χ4v) is 3.16. The third-order valence-corrected chi connectivity index (χ3v) is 4.48. The molecule has 130 valence electrons. The maximum absolute atomic E-state index is 12.4. The highest BCUT2D eigenvalue weighted by molar-refractivity contribution is 7.89. The van der Waals surface area contributed by atoms with Gasteiger partial charge in [-0.1, -0.05) is 26.0 Å². The molecule has 0 fully saturated rings. The van der Waals surface area contributed by atoms with Crippen LogP contribution in [-0.4, -0.2) is 31.1 Å². The molecule has 0 saturated carbocycles. The molecular formula is C16H25NO5S. The molecule has 0 aliphatic rings. The molecule has 0 saturated heterocycles. The fraction of sp³-hybridized carbons (Fsp3) is 0.562. The Morgan fingerprint density at radius 3 is 2.13 bits per heavy atom. The summed E-state index contributed by atoms with van der Waals surface area (Å²) in [7, 11) is -3.86. The predicted octanol–water partition coefficient (Wildman–Crippen LogP) is 1.82.